The number of nitrogens with zero attached hydrogens (tertiary/aromatic N) is 2. The number of benzene rings is 3. The van der Waals surface area contributed by atoms with Crippen molar-refractivity contribution in [2.75, 3.05) is 16.6 Å². The van der Waals surface area contributed by atoms with Crippen LogP contribution in [-0.2, 0) is 20.0 Å². The molecule has 3 aromatic carbocycles. The summed E-state index contributed by atoms with van der Waals surface area (Å²) in [6, 6.07) is 8.76. The number of para-hydroxylation sites is 2. The molecule has 0 heterocycles. The van der Waals surface area contributed by atoms with E-state index in [2.05, 4.69) is 10.4 Å². The second-order valence-corrected chi connectivity index (χ2v) is 9.81. The van der Waals surface area contributed by atoms with Crippen LogP contribution in [0.4, 0.5) is 31.5 Å². The normalized spacial score (nSPS) is 11.5. The van der Waals surface area contributed by atoms with E-state index in [4.69, 9.17) is 4.74 Å². The Hall–Kier alpha value is -3.98. The summed E-state index contributed by atoms with van der Waals surface area (Å²) in [6.45, 7) is 0. The molecule has 0 amide bonds. The summed E-state index contributed by atoms with van der Waals surface area (Å²) in [4.78, 5) is 20.4. The average molecular weight is 512 g/mol. The van der Waals surface area contributed by atoms with Gasteiger partial charge >= 0.3 is 0 Å². The van der Waals surface area contributed by atoms with Gasteiger partial charge in [0.05, 0.1) is 12.0 Å². The summed E-state index contributed by atoms with van der Waals surface area (Å²) >= 11 is 0. The Bertz CT molecular complexity index is 1500. The second-order valence-electron chi connectivity index (χ2n) is 6.47. The fourth-order valence-corrected chi connectivity index (χ4v) is 5.26. The van der Waals surface area contributed by atoms with E-state index < -0.39 is 64.2 Å². The predicted octanol–water partition coefficient (Wildman–Crippen LogP) is 4.37. The van der Waals surface area contributed by atoms with E-state index in [1.165, 1.54) is 0 Å². The lowest BCUT2D eigenvalue weighted by atomic mass is 10.3. The molecule has 3 aromatic rings. The van der Waals surface area contributed by atoms with Crippen LogP contribution in [0.25, 0.3) is 0 Å². The molecule has 0 unspecified atom stereocenters. The van der Waals surface area contributed by atoms with Crippen molar-refractivity contribution in [1.29, 1.82) is 0 Å². The van der Waals surface area contributed by atoms with Crippen LogP contribution in [0.3, 0.4) is 0 Å². The van der Waals surface area contributed by atoms with Gasteiger partial charge in [0.15, 0.2) is 0 Å². The Kier molecular flexibility index (Phi) is 6.88. The van der Waals surface area contributed by atoms with Gasteiger partial charge in [0, 0.05) is 0 Å². The third-order valence-corrected chi connectivity index (χ3v) is 7.11. The van der Waals surface area contributed by atoms with Gasteiger partial charge in [-0.1, -0.05) is 12.1 Å². The zero-order chi connectivity index (χ0) is 25.1. The maximum atomic E-state index is 14.2. The first-order valence-corrected chi connectivity index (χ1v) is 12.0. The summed E-state index contributed by atoms with van der Waals surface area (Å²) < 4.78 is 88.5. The number of hydrogen-bond acceptors (Lipinski definition) is 9. The molecule has 11 nitrogen and oxygen atoms in total. The molecule has 0 saturated heterocycles. The number of halogens is 2. The highest BCUT2D eigenvalue weighted by molar-refractivity contribution is 7.93. The van der Waals surface area contributed by atoms with Crippen molar-refractivity contribution < 1.29 is 30.4 Å². The molecule has 0 radical (unpaired) electrons. The van der Waals surface area contributed by atoms with E-state index >= 15 is 0 Å². The minimum Gasteiger partial charge on any atom is -0.495 e. The van der Waals surface area contributed by atoms with Crippen molar-refractivity contribution in [3.05, 3.63) is 76.0 Å². The first-order valence-electron chi connectivity index (χ1n) is 9.01. The monoisotopic (exact) mass is 512 g/mol. The number of nitroso groups, excluding NO2 is 2. The molecule has 2 N–H and O–H groups in total. The highest BCUT2D eigenvalue weighted by Crippen LogP contribution is 2.34. The largest absolute Gasteiger partial charge is 0.495 e. The Morgan fingerprint density at radius 3 is 1.74 bits per heavy atom. The van der Waals surface area contributed by atoms with Crippen LogP contribution in [0.5, 0.6) is 5.75 Å². The smallest absolute Gasteiger partial charge is 0.265 e. The van der Waals surface area contributed by atoms with Gasteiger partial charge in [0.2, 0.25) is 0 Å². The first kappa shape index (κ1) is 24.7. The lowest BCUT2D eigenvalue weighted by Gasteiger charge is -2.15. The average Bonchev–Trinajstić information content (AvgIpc) is 2.81. The van der Waals surface area contributed by atoms with Crippen molar-refractivity contribution in [1.82, 2.24) is 0 Å². The molecule has 0 aliphatic rings. The number of ether oxygens (including phenoxy) is 1. The Balaban J connectivity index is 2.09. The molecule has 0 aromatic heterocycles. The number of rotatable bonds is 9. The van der Waals surface area contributed by atoms with Gasteiger partial charge in [-0.05, 0) is 52.8 Å². The van der Waals surface area contributed by atoms with Crippen molar-refractivity contribution in [2.45, 2.75) is 9.79 Å². The molecule has 15 heteroatoms. The SMILES string of the molecule is COc1ccc(S(=O)(=O)Nc2c(F)cccc2N=O)cc1S(=O)(=O)Nc1c(F)cccc1N=O. The van der Waals surface area contributed by atoms with Crippen LogP contribution in [0, 0.1) is 21.4 Å². The molecule has 0 aliphatic carbocycles. The molecule has 0 bridgehead atoms. The van der Waals surface area contributed by atoms with Gasteiger partial charge in [-0.2, -0.15) is 0 Å². The molecule has 0 fully saturated rings. The summed E-state index contributed by atoms with van der Waals surface area (Å²) in [6.07, 6.45) is 0. The van der Waals surface area contributed by atoms with Gasteiger partial charge in [0.1, 0.15) is 45.0 Å². The second kappa shape index (κ2) is 9.48. The topological polar surface area (TPSA) is 160 Å². The summed E-state index contributed by atoms with van der Waals surface area (Å²) in [5.41, 5.74) is -2.61. The zero-order valence-corrected chi connectivity index (χ0v) is 18.7. The van der Waals surface area contributed by atoms with E-state index in [0.29, 0.717) is 6.07 Å². The molecular weight excluding hydrogens is 498 g/mol. The number of methoxy groups -OCH3 is 1. The maximum absolute atomic E-state index is 14.2. The van der Waals surface area contributed by atoms with Crippen LogP contribution in [0.15, 0.2) is 74.7 Å². The molecule has 0 aliphatic heterocycles. The molecule has 0 atom stereocenters. The van der Waals surface area contributed by atoms with Gasteiger partial charge in [-0.25, -0.2) is 25.6 Å². The van der Waals surface area contributed by atoms with Gasteiger partial charge < -0.3 is 4.74 Å². The Morgan fingerprint density at radius 2 is 1.26 bits per heavy atom. The number of hydrogen-bond donors (Lipinski definition) is 2. The minimum atomic E-state index is -4.74. The summed E-state index contributed by atoms with van der Waals surface area (Å²) in [7, 11) is -8.28. The summed E-state index contributed by atoms with van der Waals surface area (Å²) in [5, 5.41) is 5.11. The first-order chi connectivity index (χ1) is 16.0. The molecule has 34 heavy (non-hydrogen) atoms. The van der Waals surface area contributed by atoms with Crippen molar-refractivity contribution in [3.8, 4) is 5.75 Å². The van der Waals surface area contributed by atoms with Crippen LogP contribution in [0.1, 0.15) is 0 Å². The van der Waals surface area contributed by atoms with E-state index in [9.17, 15) is 35.4 Å². The van der Waals surface area contributed by atoms with E-state index in [1.54, 1.807) is 0 Å². The maximum Gasteiger partial charge on any atom is 0.265 e. The van der Waals surface area contributed by atoms with Gasteiger partial charge in [-0.3, -0.25) is 9.44 Å². The molecule has 0 saturated carbocycles. The highest BCUT2D eigenvalue weighted by atomic mass is 32.2. The predicted molar refractivity (Wildman–Crippen MR) is 118 cm³/mol. The lowest BCUT2D eigenvalue weighted by molar-refractivity contribution is 0.402. The van der Waals surface area contributed by atoms with Crippen LogP contribution in [0.2, 0.25) is 0 Å². The molecule has 178 valence electrons. The van der Waals surface area contributed by atoms with E-state index in [-0.39, 0.29) is 5.75 Å². The third kappa shape index (κ3) is 4.84. The summed E-state index contributed by atoms with van der Waals surface area (Å²) in [5.74, 6) is -2.54. The zero-order valence-electron chi connectivity index (χ0n) is 17.0. The standard InChI is InChI=1S/C19H14F2N4O7S2/c1-32-16-9-8-11(33(28,29)24-18-12(20)4-2-6-14(18)22-26)10-17(16)34(30,31)25-19-13(21)5-3-7-15(19)23-27/h2-10,24-25H,1H3. The van der Waals surface area contributed by atoms with Crippen LogP contribution < -0.4 is 14.2 Å². The van der Waals surface area contributed by atoms with Crippen molar-refractivity contribution in [2.24, 2.45) is 10.4 Å². The van der Waals surface area contributed by atoms with Gasteiger partial charge in [0.25, 0.3) is 20.0 Å². The van der Waals surface area contributed by atoms with Crippen LogP contribution in [-0.4, -0.2) is 23.9 Å². The Morgan fingerprint density at radius 1 is 0.765 bits per heavy atom. The van der Waals surface area contributed by atoms with Crippen molar-refractivity contribution in [3.63, 3.8) is 0 Å². The number of sulfonamides is 2. The number of anilines is 2. The molecule has 0 spiro atoms. The minimum absolute atomic E-state index is 0.329. The highest BCUT2D eigenvalue weighted by Gasteiger charge is 2.27. The van der Waals surface area contributed by atoms with Crippen LogP contribution >= 0.6 is 0 Å². The molecule has 3 rings (SSSR count). The fraction of sp³-hybridized carbons (Fsp3) is 0.0526. The van der Waals surface area contributed by atoms with Gasteiger partial charge in [-0.15, -0.1) is 9.81 Å². The third-order valence-electron chi connectivity index (χ3n) is 4.39. The van der Waals surface area contributed by atoms with E-state index in [0.717, 1.165) is 55.6 Å². The molecular formula is C19H14F2N4O7S2. The van der Waals surface area contributed by atoms with Crippen molar-refractivity contribution >= 4 is 42.8 Å². The lowest BCUT2D eigenvalue weighted by Crippen LogP contribution is -2.18. The number of nitrogens with one attached hydrogen (secondary N) is 2. The van der Waals surface area contributed by atoms with E-state index in [1.807, 2.05) is 9.44 Å². The fourth-order valence-electron chi connectivity index (χ4n) is 2.80. The quantitative estimate of drug-likeness (QED) is 0.402. The Labute approximate surface area is 191 Å².